The van der Waals surface area contributed by atoms with Gasteiger partial charge >= 0.3 is 0 Å². The minimum atomic E-state index is -0.292. The van der Waals surface area contributed by atoms with Crippen molar-refractivity contribution in [3.8, 4) is 34.2 Å². The molecule has 3 aliphatic carbocycles. The molecule has 5 nitrogen and oxygen atoms in total. The van der Waals surface area contributed by atoms with E-state index in [2.05, 4.69) is 112 Å². The summed E-state index contributed by atoms with van der Waals surface area (Å²) >= 11 is 0. The molecular weight excluding hydrogens is 526 g/mol. The maximum Gasteiger partial charge on any atom is 0.180 e. The summed E-state index contributed by atoms with van der Waals surface area (Å²) in [7, 11) is 4.06. The third-order valence-corrected chi connectivity index (χ3v) is 9.71. The molecule has 3 aromatic heterocycles. The number of allylic oxidation sites excluding steroid dienone is 4. The maximum absolute atomic E-state index is 5.10. The van der Waals surface area contributed by atoms with Gasteiger partial charge in [0, 0.05) is 43.9 Å². The Bertz CT molecular complexity index is 2040. The highest BCUT2D eigenvalue weighted by Crippen LogP contribution is 2.65. The fraction of sp³-hybridized carbons (Fsp3) is 0.132. The van der Waals surface area contributed by atoms with Gasteiger partial charge in [-0.2, -0.15) is 0 Å². The Morgan fingerprint density at radius 1 is 0.581 bits per heavy atom. The van der Waals surface area contributed by atoms with Crippen molar-refractivity contribution < 1.29 is 0 Å². The highest BCUT2D eigenvalue weighted by atomic mass is 15.1. The molecule has 6 aromatic rings. The van der Waals surface area contributed by atoms with Crippen LogP contribution in [0.15, 0.2) is 128 Å². The summed E-state index contributed by atoms with van der Waals surface area (Å²) in [6.45, 7) is 0. The average molecular weight is 556 g/mol. The molecule has 0 bridgehead atoms. The van der Waals surface area contributed by atoms with Gasteiger partial charge in [-0.15, -0.1) is 0 Å². The van der Waals surface area contributed by atoms with E-state index in [0.29, 0.717) is 17.5 Å². The summed E-state index contributed by atoms with van der Waals surface area (Å²) in [5.74, 6) is 2.46. The van der Waals surface area contributed by atoms with Crippen LogP contribution in [0.4, 0.5) is 0 Å². The van der Waals surface area contributed by atoms with Crippen LogP contribution in [0.5, 0.6) is 0 Å². The van der Waals surface area contributed by atoms with Crippen molar-refractivity contribution in [1.29, 1.82) is 0 Å². The van der Waals surface area contributed by atoms with Crippen molar-refractivity contribution in [2.45, 2.75) is 11.3 Å². The fourth-order valence-electron chi connectivity index (χ4n) is 7.89. The number of nitrogens with zero attached hydrogens (tertiary/aromatic N) is 5. The molecule has 5 heteroatoms. The van der Waals surface area contributed by atoms with E-state index >= 15 is 0 Å². The van der Waals surface area contributed by atoms with Gasteiger partial charge in [0.1, 0.15) is 0 Å². The quantitative estimate of drug-likeness (QED) is 0.226. The lowest BCUT2D eigenvalue weighted by Crippen LogP contribution is -2.33. The summed E-state index contributed by atoms with van der Waals surface area (Å²) in [6, 6.07) is 35.2. The number of hydrogen-bond acceptors (Lipinski definition) is 3. The number of hydrogen-bond donors (Lipinski definition) is 0. The Kier molecular flexibility index (Phi) is 5.01. The largest absolute Gasteiger partial charge is 0.348 e. The van der Waals surface area contributed by atoms with E-state index in [-0.39, 0.29) is 17.3 Å². The molecule has 0 aliphatic heterocycles. The zero-order chi connectivity index (χ0) is 28.7. The standard InChI is InChI=1S/C38H29N5/c1-42-21-9-17-33(42)36-39-35(40-37(41-36)34-18-10-22-43(34)2)24-19-20-28-27-13-5-8-16-31(27)38(32(28)23-24)29-14-6-3-11-25(29)26-12-4-7-15-30(26)38/h3-23,28,32H,1-2H3. The number of benzene rings is 3. The molecular formula is C38H29N5. The van der Waals surface area contributed by atoms with Gasteiger partial charge in [-0.3, -0.25) is 0 Å². The van der Waals surface area contributed by atoms with Crippen LogP contribution in [-0.2, 0) is 19.5 Å². The molecule has 0 saturated carbocycles. The highest BCUT2D eigenvalue weighted by molar-refractivity contribution is 5.87. The third-order valence-electron chi connectivity index (χ3n) is 9.71. The van der Waals surface area contributed by atoms with Gasteiger partial charge in [0.05, 0.1) is 16.8 Å². The van der Waals surface area contributed by atoms with Crippen molar-refractivity contribution in [1.82, 2.24) is 24.1 Å². The Hall–Kier alpha value is -5.29. The zero-order valence-electron chi connectivity index (χ0n) is 24.0. The Balaban J connectivity index is 1.29. The summed E-state index contributed by atoms with van der Waals surface area (Å²) < 4.78 is 4.12. The van der Waals surface area contributed by atoms with Crippen LogP contribution in [0, 0.1) is 5.92 Å². The molecule has 1 spiro atoms. The molecule has 0 saturated heterocycles. The van der Waals surface area contributed by atoms with Gasteiger partial charge in [0.25, 0.3) is 0 Å². The predicted molar refractivity (Wildman–Crippen MR) is 170 cm³/mol. The first-order chi connectivity index (χ1) is 21.1. The summed E-state index contributed by atoms with van der Waals surface area (Å²) in [4.78, 5) is 15.1. The number of fused-ring (bicyclic) bond motifs is 10. The molecule has 9 rings (SSSR count). The van der Waals surface area contributed by atoms with Crippen molar-refractivity contribution in [3.63, 3.8) is 0 Å². The summed E-state index contributed by atoms with van der Waals surface area (Å²) in [5, 5.41) is 0. The molecule has 3 aromatic carbocycles. The van der Waals surface area contributed by atoms with E-state index in [1.165, 1.54) is 33.4 Å². The second kappa shape index (κ2) is 8.85. The van der Waals surface area contributed by atoms with Crippen molar-refractivity contribution in [3.05, 3.63) is 156 Å². The highest BCUT2D eigenvalue weighted by Gasteiger charge is 2.57. The maximum atomic E-state index is 5.10. The van der Waals surface area contributed by atoms with Crippen LogP contribution in [0.3, 0.4) is 0 Å². The first kappa shape index (κ1) is 24.3. The Morgan fingerprint density at radius 2 is 1.12 bits per heavy atom. The lowest BCUT2D eigenvalue weighted by molar-refractivity contribution is 0.467. The molecule has 43 heavy (non-hydrogen) atoms. The van der Waals surface area contributed by atoms with Crippen molar-refractivity contribution in [2.24, 2.45) is 20.0 Å². The molecule has 0 radical (unpaired) electrons. The van der Waals surface area contributed by atoms with Gasteiger partial charge in [-0.25, -0.2) is 15.0 Å². The summed E-state index contributed by atoms with van der Waals surface area (Å²) in [5.41, 5.74) is 10.9. The first-order valence-electron chi connectivity index (χ1n) is 14.8. The Labute approximate surface area is 250 Å². The molecule has 3 aliphatic rings. The zero-order valence-corrected chi connectivity index (χ0v) is 24.0. The second-order valence-electron chi connectivity index (χ2n) is 11.8. The third kappa shape index (κ3) is 3.25. The molecule has 0 N–H and O–H groups in total. The van der Waals surface area contributed by atoms with Gasteiger partial charge in [-0.05, 0) is 57.6 Å². The van der Waals surface area contributed by atoms with Crippen LogP contribution in [0.2, 0.25) is 0 Å². The van der Waals surface area contributed by atoms with E-state index < -0.39 is 0 Å². The number of aromatic nitrogens is 5. The lowest BCUT2D eigenvalue weighted by Gasteiger charge is -2.36. The lowest BCUT2D eigenvalue weighted by atomic mass is 9.65. The van der Waals surface area contributed by atoms with Crippen LogP contribution < -0.4 is 0 Å². The SMILES string of the molecule is Cn1cccc1-c1nc(C2=CC3C(C=C2)c2ccccc2C32c3ccccc3-c3ccccc32)nc(-c2cccn2C)n1. The normalized spacial score (nSPS) is 18.7. The van der Waals surface area contributed by atoms with E-state index in [0.717, 1.165) is 17.0 Å². The number of aryl methyl sites for hydroxylation is 2. The van der Waals surface area contributed by atoms with Gasteiger partial charge < -0.3 is 9.13 Å². The van der Waals surface area contributed by atoms with Gasteiger partial charge in [0.2, 0.25) is 0 Å². The van der Waals surface area contributed by atoms with Crippen LogP contribution in [-0.4, -0.2) is 24.1 Å². The predicted octanol–water partition coefficient (Wildman–Crippen LogP) is 7.56. The molecule has 2 atom stereocenters. The van der Waals surface area contributed by atoms with Gasteiger partial charge in [-0.1, -0.05) is 91.0 Å². The minimum Gasteiger partial charge on any atom is -0.348 e. The summed E-state index contributed by atoms with van der Waals surface area (Å²) in [6.07, 6.45) is 11.1. The molecule has 2 unspecified atom stereocenters. The van der Waals surface area contributed by atoms with Crippen molar-refractivity contribution in [2.75, 3.05) is 0 Å². The fourth-order valence-corrected chi connectivity index (χ4v) is 7.89. The van der Waals surface area contributed by atoms with Gasteiger partial charge in [0.15, 0.2) is 17.5 Å². The van der Waals surface area contributed by atoms with E-state index in [4.69, 9.17) is 15.0 Å². The van der Waals surface area contributed by atoms with Crippen LogP contribution in [0.25, 0.3) is 39.7 Å². The molecule has 206 valence electrons. The van der Waals surface area contributed by atoms with E-state index in [9.17, 15) is 0 Å². The number of rotatable bonds is 3. The molecule has 3 heterocycles. The van der Waals surface area contributed by atoms with Crippen molar-refractivity contribution >= 4 is 5.57 Å². The molecule has 0 fully saturated rings. The van der Waals surface area contributed by atoms with Crippen LogP contribution in [0.1, 0.15) is 34.0 Å². The van der Waals surface area contributed by atoms with E-state index in [1.807, 2.05) is 38.6 Å². The second-order valence-corrected chi connectivity index (χ2v) is 11.8. The molecule has 0 amide bonds. The first-order valence-corrected chi connectivity index (χ1v) is 14.8. The monoisotopic (exact) mass is 555 g/mol. The van der Waals surface area contributed by atoms with Crippen LogP contribution >= 0.6 is 0 Å². The smallest absolute Gasteiger partial charge is 0.180 e. The minimum absolute atomic E-state index is 0.170. The Morgan fingerprint density at radius 3 is 1.70 bits per heavy atom. The average Bonchev–Trinajstić information content (AvgIpc) is 3.82. The topological polar surface area (TPSA) is 48.5 Å². The van der Waals surface area contributed by atoms with E-state index in [1.54, 1.807) is 0 Å².